The van der Waals surface area contributed by atoms with Crippen molar-refractivity contribution in [3.8, 4) is 0 Å². The van der Waals surface area contributed by atoms with E-state index >= 15 is 0 Å². The number of carbonyl (C=O) groups excluding carboxylic acids is 5. The molecule has 6 N–H and O–H groups in total. The quantitative estimate of drug-likeness (QED) is 0.202. The number of nitrogens with two attached hydrogens (primary N) is 1. The van der Waals surface area contributed by atoms with Crippen molar-refractivity contribution in [3.63, 3.8) is 0 Å². The fourth-order valence-electron chi connectivity index (χ4n) is 3.76. The summed E-state index contributed by atoms with van der Waals surface area (Å²) in [6.07, 6.45) is -0.586. The fourth-order valence-corrected chi connectivity index (χ4v) is 3.76. The summed E-state index contributed by atoms with van der Waals surface area (Å²) in [4.78, 5) is 75.3. The largest absolute Gasteiger partial charge is 0.465 e. The first kappa shape index (κ1) is 32.1. The first-order valence-corrected chi connectivity index (χ1v) is 12.5. The van der Waals surface area contributed by atoms with Crippen molar-refractivity contribution in [2.24, 2.45) is 17.6 Å². The Labute approximate surface area is 222 Å². The van der Waals surface area contributed by atoms with E-state index in [1.165, 1.54) is 7.05 Å². The minimum absolute atomic E-state index is 0.0206. The lowest BCUT2D eigenvalue weighted by Gasteiger charge is -2.27. The highest BCUT2D eigenvalue weighted by Gasteiger charge is 2.34. The van der Waals surface area contributed by atoms with Gasteiger partial charge in [-0.3, -0.25) is 24.0 Å². The number of Topliss-reactive ketones (excluding diaryl/α,β-unsaturated/α-hetero) is 1. The fraction of sp³-hybridized carbons (Fsp3) is 0.538. The number of rotatable bonds is 15. The van der Waals surface area contributed by atoms with Crippen LogP contribution in [0.5, 0.6) is 0 Å². The summed E-state index contributed by atoms with van der Waals surface area (Å²) in [6, 6.07) is 5.65. The van der Waals surface area contributed by atoms with Crippen molar-refractivity contribution in [2.45, 2.75) is 65.1 Å². The summed E-state index contributed by atoms with van der Waals surface area (Å²) in [5.41, 5.74) is 6.28. The van der Waals surface area contributed by atoms with Gasteiger partial charge in [-0.1, -0.05) is 64.4 Å². The minimum Gasteiger partial charge on any atom is -0.465 e. The van der Waals surface area contributed by atoms with Gasteiger partial charge in [-0.05, 0) is 23.8 Å². The molecular formula is C26H39N5O7. The molecular weight excluding hydrogens is 494 g/mol. The van der Waals surface area contributed by atoms with Gasteiger partial charge in [0.05, 0.1) is 12.6 Å². The van der Waals surface area contributed by atoms with Gasteiger partial charge in [-0.15, -0.1) is 0 Å². The van der Waals surface area contributed by atoms with Crippen LogP contribution in [0.3, 0.4) is 0 Å². The van der Waals surface area contributed by atoms with E-state index in [9.17, 15) is 28.8 Å². The van der Waals surface area contributed by atoms with E-state index in [0.717, 1.165) is 10.5 Å². The molecule has 0 fully saturated rings. The third-order valence-corrected chi connectivity index (χ3v) is 6.20. The van der Waals surface area contributed by atoms with Gasteiger partial charge in [0, 0.05) is 13.5 Å². The molecule has 4 unspecified atom stereocenters. The van der Waals surface area contributed by atoms with E-state index in [0.29, 0.717) is 6.42 Å². The van der Waals surface area contributed by atoms with Gasteiger partial charge in [0.2, 0.25) is 23.5 Å². The second-order valence-electron chi connectivity index (χ2n) is 9.66. The molecule has 1 aromatic rings. The van der Waals surface area contributed by atoms with Gasteiger partial charge < -0.3 is 31.7 Å². The van der Waals surface area contributed by atoms with Gasteiger partial charge >= 0.3 is 6.09 Å². The Morgan fingerprint density at radius 2 is 1.61 bits per heavy atom. The predicted molar refractivity (Wildman–Crippen MR) is 140 cm³/mol. The van der Waals surface area contributed by atoms with Crippen LogP contribution < -0.4 is 21.7 Å². The molecule has 5 amide bonds. The van der Waals surface area contributed by atoms with Crippen LogP contribution in [0.25, 0.3) is 0 Å². The first-order valence-electron chi connectivity index (χ1n) is 12.5. The third kappa shape index (κ3) is 10.2. The lowest BCUT2D eigenvalue weighted by molar-refractivity contribution is -0.143. The lowest BCUT2D eigenvalue weighted by Crippen LogP contribution is -2.56. The number of carboxylic acid groups (broad SMARTS) is 1. The number of amides is 5. The number of primary amides is 1. The molecule has 12 nitrogen and oxygen atoms in total. The summed E-state index contributed by atoms with van der Waals surface area (Å²) in [5.74, 6) is -4.64. The number of carbonyl (C=O) groups is 6. The summed E-state index contributed by atoms with van der Waals surface area (Å²) in [7, 11) is 1.38. The summed E-state index contributed by atoms with van der Waals surface area (Å²) >= 11 is 0. The van der Waals surface area contributed by atoms with Gasteiger partial charge in [0.25, 0.3) is 5.91 Å². The zero-order valence-electron chi connectivity index (χ0n) is 22.5. The molecule has 0 spiro atoms. The van der Waals surface area contributed by atoms with E-state index in [1.807, 2.05) is 19.9 Å². The van der Waals surface area contributed by atoms with Crippen LogP contribution in [0.2, 0.25) is 0 Å². The number of benzene rings is 1. The summed E-state index contributed by atoms with van der Waals surface area (Å²) < 4.78 is 0. The molecule has 4 atom stereocenters. The molecule has 0 bridgehead atoms. The van der Waals surface area contributed by atoms with Crippen LogP contribution in [0.1, 0.15) is 46.1 Å². The molecule has 0 aliphatic heterocycles. The van der Waals surface area contributed by atoms with Gasteiger partial charge in [0.15, 0.2) is 0 Å². The van der Waals surface area contributed by atoms with Crippen LogP contribution in [0.4, 0.5) is 4.79 Å². The molecule has 0 aromatic heterocycles. The van der Waals surface area contributed by atoms with Gasteiger partial charge in [0.1, 0.15) is 12.1 Å². The average molecular weight is 534 g/mol. The summed E-state index contributed by atoms with van der Waals surface area (Å²) in [5, 5.41) is 16.0. The SMILES string of the molecule is CCC(C)C(NC(=O)C(CC(C)C)NC(=O)O)C(=O)C(=O)NCC(=O)N(C)C(Cc1ccccc1)C(N)=O. The highest BCUT2D eigenvalue weighted by molar-refractivity contribution is 6.38. The number of likely N-dealkylation sites (N-methyl/N-ethyl adjacent to an activating group) is 1. The molecule has 210 valence electrons. The maximum absolute atomic E-state index is 12.9. The molecule has 0 saturated heterocycles. The average Bonchev–Trinajstić information content (AvgIpc) is 2.86. The zero-order valence-corrected chi connectivity index (χ0v) is 22.5. The van der Waals surface area contributed by atoms with Crippen molar-refractivity contribution >= 4 is 35.5 Å². The Morgan fingerprint density at radius 3 is 2.11 bits per heavy atom. The molecule has 0 radical (unpaired) electrons. The molecule has 1 rings (SSSR count). The number of nitrogens with one attached hydrogen (secondary N) is 3. The van der Waals surface area contributed by atoms with Crippen LogP contribution in [0, 0.1) is 11.8 Å². The van der Waals surface area contributed by atoms with Crippen molar-refractivity contribution in [2.75, 3.05) is 13.6 Å². The van der Waals surface area contributed by atoms with Gasteiger partial charge in [-0.25, -0.2) is 4.79 Å². The number of nitrogens with zero attached hydrogens (tertiary/aromatic N) is 1. The van der Waals surface area contributed by atoms with E-state index in [2.05, 4.69) is 16.0 Å². The molecule has 12 heteroatoms. The van der Waals surface area contributed by atoms with Crippen molar-refractivity contribution in [1.29, 1.82) is 0 Å². The Morgan fingerprint density at radius 1 is 1.00 bits per heavy atom. The highest BCUT2D eigenvalue weighted by atomic mass is 16.4. The Balaban J connectivity index is 2.89. The maximum atomic E-state index is 12.9. The smallest absolute Gasteiger partial charge is 0.405 e. The molecule has 0 saturated carbocycles. The van der Waals surface area contributed by atoms with Crippen molar-refractivity contribution in [3.05, 3.63) is 35.9 Å². The molecule has 38 heavy (non-hydrogen) atoms. The first-order chi connectivity index (χ1) is 17.8. The molecule has 0 heterocycles. The molecule has 0 aliphatic carbocycles. The Bertz CT molecular complexity index is 999. The van der Waals surface area contributed by atoms with E-state index < -0.39 is 66.1 Å². The maximum Gasteiger partial charge on any atom is 0.405 e. The normalized spacial score (nSPS) is 13.9. The topological polar surface area (TPSA) is 188 Å². The second-order valence-corrected chi connectivity index (χ2v) is 9.66. The second kappa shape index (κ2) is 15.3. The predicted octanol–water partition coefficient (Wildman–Crippen LogP) is 0.440. The highest BCUT2D eigenvalue weighted by Crippen LogP contribution is 2.12. The monoisotopic (exact) mass is 533 g/mol. The molecule has 1 aromatic carbocycles. The third-order valence-electron chi connectivity index (χ3n) is 6.20. The Hall–Kier alpha value is -3.96. The van der Waals surface area contributed by atoms with Gasteiger partial charge in [-0.2, -0.15) is 0 Å². The Kier molecular flexibility index (Phi) is 12.9. The van der Waals surface area contributed by atoms with Crippen LogP contribution >= 0.6 is 0 Å². The van der Waals surface area contributed by atoms with Crippen LogP contribution in [0.15, 0.2) is 30.3 Å². The van der Waals surface area contributed by atoms with Crippen LogP contribution in [-0.2, 0) is 30.4 Å². The zero-order chi connectivity index (χ0) is 29.0. The van der Waals surface area contributed by atoms with E-state index in [1.54, 1.807) is 38.1 Å². The van der Waals surface area contributed by atoms with Crippen LogP contribution in [-0.4, -0.2) is 77.2 Å². The summed E-state index contributed by atoms with van der Waals surface area (Å²) in [6.45, 7) is 6.48. The minimum atomic E-state index is -1.39. The van der Waals surface area contributed by atoms with Crippen molar-refractivity contribution < 1.29 is 33.9 Å². The van der Waals surface area contributed by atoms with E-state index in [4.69, 9.17) is 10.8 Å². The standard InChI is InChI=1S/C26H39N5O7/c1-6-16(4)21(30-24(35)18(12-15(2)3)29-26(37)38)22(33)25(36)28-14-20(32)31(5)19(23(27)34)13-17-10-8-7-9-11-17/h7-11,15-16,18-19,21,29H,6,12-14H2,1-5H3,(H2,27,34)(H,28,36)(H,30,35)(H,37,38). The number of hydrogen-bond donors (Lipinski definition) is 5. The van der Waals surface area contributed by atoms with Crippen molar-refractivity contribution in [1.82, 2.24) is 20.9 Å². The van der Waals surface area contributed by atoms with E-state index in [-0.39, 0.29) is 18.8 Å². The number of hydrogen-bond acceptors (Lipinski definition) is 6. The molecule has 0 aliphatic rings. The lowest BCUT2D eigenvalue weighted by atomic mass is 9.94. The number of ketones is 1.